The molecule has 0 unspecified atom stereocenters. The van der Waals surface area contributed by atoms with Gasteiger partial charge in [-0.15, -0.1) is 0 Å². The number of esters is 1. The topological polar surface area (TPSA) is 90.5 Å². The summed E-state index contributed by atoms with van der Waals surface area (Å²) in [6.45, 7) is -0.601. The van der Waals surface area contributed by atoms with Gasteiger partial charge in [0.05, 0.1) is 17.5 Å². The zero-order valence-corrected chi connectivity index (χ0v) is 14.9. The number of carbonyl (C=O) groups is 2. The zero-order valence-electron chi connectivity index (χ0n) is 14.9. The van der Waals surface area contributed by atoms with Crippen LogP contribution in [0.15, 0.2) is 57.7 Å². The molecule has 0 aliphatic carbocycles. The van der Waals surface area contributed by atoms with Gasteiger partial charge in [-0.1, -0.05) is 12.1 Å². The number of hydrogen-bond acceptors (Lipinski definition) is 5. The molecule has 3 rings (SSSR count). The molecule has 152 valence electrons. The predicted octanol–water partition coefficient (Wildman–Crippen LogP) is 3.19. The molecule has 0 saturated carbocycles. The van der Waals surface area contributed by atoms with Crippen LogP contribution in [-0.4, -0.2) is 23.1 Å². The molecular formula is C19H15F3N2O5. The summed E-state index contributed by atoms with van der Waals surface area (Å²) in [5.41, 5.74) is 0.214. The fourth-order valence-electron chi connectivity index (χ4n) is 2.59. The number of anilines is 1. The van der Waals surface area contributed by atoms with Crippen LogP contribution < -0.4 is 11.1 Å². The van der Waals surface area contributed by atoms with Gasteiger partial charge in [0.2, 0.25) is 0 Å². The molecule has 0 bridgehead atoms. The lowest BCUT2D eigenvalue weighted by Gasteiger charge is -2.09. The van der Waals surface area contributed by atoms with Crippen molar-refractivity contribution in [2.75, 3.05) is 11.9 Å². The summed E-state index contributed by atoms with van der Waals surface area (Å²) >= 11 is 0. The minimum atomic E-state index is -4.47. The maximum absolute atomic E-state index is 12.5. The highest BCUT2D eigenvalue weighted by Crippen LogP contribution is 2.29. The summed E-state index contributed by atoms with van der Waals surface area (Å²) in [4.78, 5) is 35.4. The number of aromatic nitrogens is 1. The summed E-state index contributed by atoms with van der Waals surface area (Å²) in [7, 11) is 0. The van der Waals surface area contributed by atoms with Crippen molar-refractivity contribution in [2.45, 2.75) is 19.1 Å². The van der Waals surface area contributed by atoms with Crippen LogP contribution in [0, 0.1) is 0 Å². The van der Waals surface area contributed by atoms with Crippen molar-refractivity contribution in [3.63, 3.8) is 0 Å². The summed E-state index contributed by atoms with van der Waals surface area (Å²) in [5, 5.41) is 2.33. The van der Waals surface area contributed by atoms with Crippen LogP contribution in [0.25, 0.3) is 11.1 Å². The second kappa shape index (κ2) is 8.21. The molecule has 7 nitrogen and oxygen atoms in total. The molecule has 0 aliphatic heterocycles. The Morgan fingerprint density at radius 1 is 1.07 bits per heavy atom. The van der Waals surface area contributed by atoms with Crippen molar-refractivity contribution in [1.29, 1.82) is 0 Å². The number of ether oxygens (including phenoxy) is 1. The largest absolute Gasteiger partial charge is 0.456 e. The molecular weight excluding hydrogens is 393 g/mol. The van der Waals surface area contributed by atoms with Gasteiger partial charge in [0.15, 0.2) is 12.2 Å². The number of nitrogens with one attached hydrogen (secondary N) is 1. The van der Waals surface area contributed by atoms with Gasteiger partial charge in [0, 0.05) is 12.2 Å². The molecule has 0 saturated heterocycles. The van der Waals surface area contributed by atoms with Crippen molar-refractivity contribution in [2.24, 2.45) is 0 Å². The summed E-state index contributed by atoms with van der Waals surface area (Å²) in [6.07, 6.45) is -4.64. The highest BCUT2D eigenvalue weighted by Gasteiger charge is 2.30. The molecule has 0 atom stereocenters. The smallest absolute Gasteiger partial charge is 0.419 e. The first-order valence-electron chi connectivity index (χ1n) is 8.45. The van der Waals surface area contributed by atoms with Crippen LogP contribution in [0.2, 0.25) is 0 Å². The van der Waals surface area contributed by atoms with Crippen LogP contribution in [0.1, 0.15) is 12.0 Å². The van der Waals surface area contributed by atoms with E-state index in [1.54, 1.807) is 24.3 Å². The predicted molar refractivity (Wildman–Crippen MR) is 96.1 cm³/mol. The standard InChI is InChI=1S/C19H15F3N2O5/c20-19(21,22)12-5-7-13(8-6-12)23-16(25)11-28-17(26)9-10-24-14-3-1-2-4-15(14)29-18(24)27/h1-8H,9-11H2,(H,23,25). The number of halogens is 3. The van der Waals surface area contributed by atoms with E-state index >= 15 is 0 Å². The second-order valence-corrected chi connectivity index (χ2v) is 6.02. The number of carbonyl (C=O) groups excluding carboxylic acids is 2. The van der Waals surface area contributed by atoms with Crippen LogP contribution in [0.5, 0.6) is 0 Å². The minimum absolute atomic E-state index is 0.00913. The van der Waals surface area contributed by atoms with Crippen molar-refractivity contribution >= 4 is 28.7 Å². The quantitative estimate of drug-likeness (QED) is 0.633. The Hall–Kier alpha value is -3.56. The van der Waals surface area contributed by atoms with Gasteiger partial charge in [-0.05, 0) is 36.4 Å². The Bertz CT molecular complexity index is 1080. The van der Waals surface area contributed by atoms with Crippen LogP contribution in [0.3, 0.4) is 0 Å². The van der Waals surface area contributed by atoms with Crippen molar-refractivity contribution in [1.82, 2.24) is 4.57 Å². The van der Waals surface area contributed by atoms with Crippen molar-refractivity contribution in [3.8, 4) is 0 Å². The third-order valence-electron chi connectivity index (χ3n) is 3.97. The normalized spacial score (nSPS) is 11.4. The van der Waals surface area contributed by atoms with E-state index in [1.807, 2.05) is 0 Å². The highest BCUT2D eigenvalue weighted by atomic mass is 19.4. The first kappa shape index (κ1) is 20.2. The van der Waals surface area contributed by atoms with Crippen LogP contribution in [-0.2, 0) is 27.0 Å². The Kier molecular flexibility index (Phi) is 5.71. The molecule has 10 heteroatoms. The van der Waals surface area contributed by atoms with E-state index in [0.29, 0.717) is 11.1 Å². The third kappa shape index (κ3) is 5.03. The summed E-state index contributed by atoms with van der Waals surface area (Å²) in [6, 6.07) is 10.6. The first-order valence-corrected chi connectivity index (χ1v) is 8.45. The molecule has 29 heavy (non-hydrogen) atoms. The van der Waals surface area contributed by atoms with Gasteiger partial charge in [0.25, 0.3) is 5.91 Å². The number of para-hydroxylation sites is 2. The van der Waals surface area contributed by atoms with Gasteiger partial charge in [-0.3, -0.25) is 14.2 Å². The number of aryl methyl sites for hydroxylation is 1. The second-order valence-electron chi connectivity index (χ2n) is 6.02. The lowest BCUT2D eigenvalue weighted by atomic mass is 10.2. The maximum Gasteiger partial charge on any atom is 0.419 e. The Morgan fingerprint density at radius 2 is 1.76 bits per heavy atom. The highest BCUT2D eigenvalue weighted by molar-refractivity contribution is 5.92. The molecule has 0 radical (unpaired) electrons. The fourth-order valence-corrected chi connectivity index (χ4v) is 2.59. The number of oxazole rings is 1. The minimum Gasteiger partial charge on any atom is -0.456 e. The number of fused-ring (bicyclic) bond motifs is 1. The molecule has 1 amide bonds. The van der Waals surface area contributed by atoms with E-state index < -0.39 is 36.0 Å². The number of nitrogens with zero attached hydrogens (tertiary/aromatic N) is 1. The van der Waals surface area contributed by atoms with E-state index in [1.165, 1.54) is 4.57 Å². The Balaban J connectivity index is 1.48. The SMILES string of the molecule is O=C(COC(=O)CCn1c(=O)oc2ccccc21)Nc1ccc(C(F)(F)F)cc1. The zero-order chi connectivity index (χ0) is 21.0. The molecule has 3 aromatic rings. The molecule has 1 N–H and O–H groups in total. The van der Waals surface area contributed by atoms with Gasteiger partial charge < -0.3 is 14.5 Å². The molecule has 0 spiro atoms. The Labute approximate surface area is 161 Å². The van der Waals surface area contributed by atoms with Crippen LogP contribution in [0.4, 0.5) is 18.9 Å². The van der Waals surface area contributed by atoms with Crippen molar-refractivity contribution < 1.29 is 31.9 Å². The van der Waals surface area contributed by atoms with E-state index in [9.17, 15) is 27.6 Å². The number of rotatable bonds is 6. The first-order chi connectivity index (χ1) is 13.7. The van der Waals surface area contributed by atoms with Gasteiger partial charge in [0.1, 0.15) is 0 Å². The van der Waals surface area contributed by atoms with Crippen molar-refractivity contribution in [3.05, 3.63) is 64.6 Å². The third-order valence-corrected chi connectivity index (χ3v) is 3.97. The summed E-state index contributed by atoms with van der Waals surface area (Å²) < 4.78 is 48.7. The lowest BCUT2D eigenvalue weighted by Crippen LogP contribution is -2.22. The van der Waals surface area contributed by atoms with E-state index in [0.717, 1.165) is 24.3 Å². The Morgan fingerprint density at radius 3 is 2.45 bits per heavy atom. The summed E-state index contributed by atoms with van der Waals surface area (Å²) in [5.74, 6) is -2.03. The van der Waals surface area contributed by atoms with Gasteiger partial charge >= 0.3 is 17.9 Å². The average Bonchev–Trinajstić information content (AvgIpc) is 2.99. The monoisotopic (exact) mass is 408 g/mol. The number of amides is 1. The van der Waals surface area contributed by atoms with E-state index in [4.69, 9.17) is 9.15 Å². The number of benzene rings is 2. The molecule has 0 fully saturated rings. The van der Waals surface area contributed by atoms with Gasteiger partial charge in [-0.2, -0.15) is 13.2 Å². The molecule has 2 aromatic carbocycles. The number of hydrogen-bond donors (Lipinski definition) is 1. The van der Waals surface area contributed by atoms with Gasteiger partial charge in [-0.25, -0.2) is 4.79 Å². The maximum atomic E-state index is 12.5. The molecule has 1 aromatic heterocycles. The van der Waals surface area contributed by atoms with E-state index in [2.05, 4.69) is 5.32 Å². The van der Waals surface area contributed by atoms with Crippen LogP contribution >= 0.6 is 0 Å². The molecule has 1 heterocycles. The molecule has 0 aliphatic rings. The lowest BCUT2D eigenvalue weighted by molar-refractivity contribution is -0.147. The number of alkyl halides is 3. The average molecular weight is 408 g/mol. The fraction of sp³-hybridized carbons (Fsp3) is 0.211. The van der Waals surface area contributed by atoms with E-state index in [-0.39, 0.29) is 18.7 Å².